The van der Waals surface area contributed by atoms with Gasteiger partial charge in [0.1, 0.15) is 17.4 Å². The van der Waals surface area contributed by atoms with Gasteiger partial charge in [-0.25, -0.2) is 19.9 Å². The van der Waals surface area contributed by atoms with E-state index in [1.165, 1.54) is 6.33 Å². The largest absolute Gasteiger partial charge is 0.336 e. The topological polar surface area (TPSA) is 109 Å². The zero-order chi connectivity index (χ0) is 19.2. The van der Waals surface area contributed by atoms with E-state index in [0.717, 1.165) is 44.6 Å². The lowest BCUT2D eigenvalue weighted by molar-refractivity contribution is 1.10. The molecule has 0 amide bonds. The van der Waals surface area contributed by atoms with Gasteiger partial charge in [-0.3, -0.25) is 10.1 Å². The molecule has 0 aliphatic heterocycles. The number of fused-ring (bicyclic) bond motifs is 2. The number of aromatic amines is 2. The minimum Gasteiger partial charge on any atom is -0.336 e. The lowest BCUT2D eigenvalue weighted by Gasteiger charge is -2.00. The summed E-state index contributed by atoms with van der Waals surface area (Å²) in [5, 5.41) is 11.6. The highest BCUT2D eigenvalue weighted by molar-refractivity contribution is 7.08. The van der Waals surface area contributed by atoms with Gasteiger partial charge in [0.2, 0.25) is 0 Å². The van der Waals surface area contributed by atoms with Crippen LogP contribution in [0.5, 0.6) is 0 Å². The molecule has 6 heterocycles. The molecule has 0 bridgehead atoms. The fraction of sp³-hybridized carbons (Fsp3) is 0. The highest BCUT2D eigenvalue weighted by Gasteiger charge is 2.17. The van der Waals surface area contributed by atoms with Gasteiger partial charge in [-0.2, -0.15) is 16.4 Å². The molecule has 0 aliphatic rings. The molecule has 0 spiro atoms. The van der Waals surface area contributed by atoms with Gasteiger partial charge in [0, 0.05) is 35.1 Å². The van der Waals surface area contributed by atoms with E-state index in [-0.39, 0.29) is 0 Å². The van der Waals surface area contributed by atoms with Crippen LogP contribution in [-0.4, -0.2) is 40.1 Å². The molecule has 0 unspecified atom stereocenters. The molecule has 0 saturated carbocycles. The summed E-state index contributed by atoms with van der Waals surface area (Å²) in [5.74, 6) is 0.643. The molecular weight excluding hydrogens is 384 g/mol. The standard InChI is InChI=1S/C20H12N8S/c1-2-15-18(24-13(1)12-7-21-10-22-8-12)19(28-27-15)20-25-14-3-5-23-16(17(14)26-20)11-4-6-29-9-11/h1-10H,(H,25,26)(H,27,28). The number of nitrogens with zero attached hydrogens (tertiary/aromatic N) is 6. The van der Waals surface area contributed by atoms with E-state index in [2.05, 4.69) is 35.5 Å². The molecule has 6 aromatic rings. The Hall–Kier alpha value is -3.98. The highest BCUT2D eigenvalue weighted by atomic mass is 32.1. The number of aromatic nitrogens is 8. The van der Waals surface area contributed by atoms with Crippen molar-refractivity contribution < 1.29 is 0 Å². The van der Waals surface area contributed by atoms with E-state index in [0.29, 0.717) is 11.5 Å². The van der Waals surface area contributed by atoms with Crippen LogP contribution in [0.3, 0.4) is 0 Å². The Morgan fingerprint density at radius 3 is 2.59 bits per heavy atom. The highest BCUT2D eigenvalue weighted by Crippen LogP contribution is 2.31. The predicted molar refractivity (Wildman–Crippen MR) is 111 cm³/mol. The van der Waals surface area contributed by atoms with E-state index in [1.807, 2.05) is 29.6 Å². The van der Waals surface area contributed by atoms with Crippen LogP contribution >= 0.6 is 11.3 Å². The minimum absolute atomic E-state index is 0.643. The monoisotopic (exact) mass is 396 g/mol. The Morgan fingerprint density at radius 1 is 0.828 bits per heavy atom. The average molecular weight is 396 g/mol. The van der Waals surface area contributed by atoms with Gasteiger partial charge >= 0.3 is 0 Å². The number of imidazole rings is 1. The van der Waals surface area contributed by atoms with Crippen LogP contribution in [0.2, 0.25) is 0 Å². The first kappa shape index (κ1) is 16.0. The molecule has 9 heteroatoms. The van der Waals surface area contributed by atoms with E-state index >= 15 is 0 Å². The van der Waals surface area contributed by atoms with Crippen molar-refractivity contribution in [3.05, 3.63) is 59.9 Å². The van der Waals surface area contributed by atoms with Crippen LogP contribution in [0.4, 0.5) is 0 Å². The van der Waals surface area contributed by atoms with Crippen molar-refractivity contribution in [2.45, 2.75) is 0 Å². The van der Waals surface area contributed by atoms with Crippen molar-refractivity contribution in [1.29, 1.82) is 0 Å². The Kier molecular flexibility index (Phi) is 3.47. The molecule has 0 atom stereocenters. The average Bonchev–Trinajstić information content (AvgIpc) is 3.52. The van der Waals surface area contributed by atoms with Crippen LogP contribution < -0.4 is 0 Å². The first-order valence-corrected chi connectivity index (χ1v) is 9.79. The van der Waals surface area contributed by atoms with Crippen molar-refractivity contribution in [3.63, 3.8) is 0 Å². The number of hydrogen-bond acceptors (Lipinski definition) is 7. The molecule has 2 N–H and O–H groups in total. The first-order valence-electron chi connectivity index (χ1n) is 8.85. The zero-order valence-corrected chi connectivity index (χ0v) is 15.7. The van der Waals surface area contributed by atoms with Crippen LogP contribution in [-0.2, 0) is 0 Å². The SMILES string of the molecule is c1ncc(-c2ccc3[nH]nc(-c4nc5c(-c6ccsc6)nccc5[nH]4)c3n2)cn1. The number of H-pyrrole nitrogens is 2. The fourth-order valence-electron chi connectivity index (χ4n) is 3.31. The van der Waals surface area contributed by atoms with E-state index in [9.17, 15) is 0 Å². The third kappa shape index (κ3) is 2.59. The van der Waals surface area contributed by atoms with Gasteiger partial charge in [0.15, 0.2) is 11.5 Å². The molecule has 6 aromatic heterocycles. The second-order valence-electron chi connectivity index (χ2n) is 6.45. The van der Waals surface area contributed by atoms with Gasteiger partial charge in [-0.15, -0.1) is 0 Å². The quantitative estimate of drug-likeness (QED) is 0.466. The maximum absolute atomic E-state index is 4.80. The molecule has 6 rings (SSSR count). The number of hydrogen-bond donors (Lipinski definition) is 2. The first-order chi connectivity index (χ1) is 14.4. The smallest absolute Gasteiger partial charge is 0.161 e. The number of pyridine rings is 2. The van der Waals surface area contributed by atoms with Crippen molar-refractivity contribution in [2.24, 2.45) is 0 Å². The number of thiophene rings is 1. The third-order valence-electron chi connectivity index (χ3n) is 4.68. The maximum Gasteiger partial charge on any atom is 0.161 e. The third-order valence-corrected chi connectivity index (χ3v) is 5.37. The summed E-state index contributed by atoms with van der Waals surface area (Å²) >= 11 is 1.63. The summed E-state index contributed by atoms with van der Waals surface area (Å²) in [6.45, 7) is 0. The molecule has 29 heavy (non-hydrogen) atoms. The molecule has 0 fully saturated rings. The second-order valence-corrected chi connectivity index (χ2v) is 7.23. The Labute approximate surface area is 167 Å². The summed E-state index contributed by atoms with van der Waals surface area (Å²) in [4.78, 5) is 25.6. The second kappa shape index (κ2) is 6.28. The molecule has 0 radical (unpaired) electrons. The Balaban J connectivity index is 1.53. The maximum atomic E-state index is 4.80. The van der Waals surface area contributed by atoms with Crippen LogP contribution in [0.15, 0.2) is 59.9 Å². The lowest BCUT2D eigenvalue weighted by atomic mass is 10.2. The van der Waals surface area contributed by atoms with E-state index in [4.69, 9.17) is 9.97 Å². The molecular formula is C20H12N8S. The van der Waals surface area contributed by atoms with E-state index in [1.54, 1.807) is 29.9 Å². The van der Waals surface area contributed by atoms with Gasteiger partial charge < -0.3 is 4.98 Å². The van der Waals surface area contributed by atoms with Crippen LogP contribution in [0.25, 0.3) is 56.1 Å². The van der Waals surface area contributed by atoms with Crippen LogP contribution in [0, 0.1) is 0 Å². The summed E-state index contributed by atoms with van der Waals surface area (Å²) in [5.41, 5.74) is 7.45. The van der Waals surface area contributed by atoms with Gasteiger partial charge in [0.25, 0.3) is 0 Å². The van der Waals surface area contributed by atoms with Gasteiger partial charge in [-0.05, 0) is 29.6 Å². The van der Waals surface area contributed by atoms with Crippen molar-refractivity contribution >= 4 is 33.4 Å². The molecule has 0 saturated heterocycles. The number of rotatable bonds is 3. The summed E-state index contributed by atoms with van der Waals surface area (Å²) in [7, 11) is 0. The Bertz CT molecular complexity index is 1450. The number of nitrogens with one attached hydrogen (secondary N) is 2. The van der Waals surface area contributed by atoms with Crippen LogP contribution in [0.1, 0.15) is 0 Å². The molecule has 8 nitrogen and oxygen atoms in total. The van der Waals surface area contributed by atoms with Gasteiger partial charge in [0.05, 0.1) is 22.4 Å². The van der Waals surface area contributed by atoms with Crippen molar-refractivity contribution in [1.82, 2.24) is 40.1 Å². The zero-order valence-electron chi connectivity index (χ0n) is 14.9. The minimum atomic E-state index is 0.643. The van der Waals surface area contributed by atoms with Crippen molar-refractivity contribution in [3.8, 4) is 34.0 Å². The van der Waals surface area contributed by atoms with E-state index < -0.39 is 0 Å². The Morgan fingerprint density at radius 2 is 1.72 bits per heavy atom. The molecule has 0 aliphatic carbocycles. The molecule has 138 valence electrons. The fourth-order valence-corrected chi connectivity index (χ4v) is 3.95. The van der Waals surface area contributed by atoms with Gasteiger partial charge in [-0.1, -0.05) is 0 Å². The molecule has 0 aromatic carbocycles. The normalized spacial score (nSPS) is 11.4. The summed E-state index contributed by atoms with van der Waals surface area (Å²) in [6.07, 6.45) is 6.76. The predicted octanol–water partition coefficient (Wildman–Crippen LogP) is 4.08. The summed E-state index contributed by atoms with van der Waals surface area (Å²) < 4.78 is 0. The van der Waals surface area contributed by atoms with Crippen molar-refractivity contribution in [2.75, 3.05) is 0 Å². The summed E-state index contributed by atoms with van der Waals surface area (Å²) in [6, 6.07) is 7.82. The lowest BCUT2D eigenvalue weighted by Crippen LogP contribution is -1.88.